The molecule has 0 atom stereocenters. The molecule has 0 fully saturated rings. The van der Waals surface area contributed by atoms with Gasteiger partial charge < -0.3 is 9.30 Å². The van der Waals surface area contributed by atoms with E-state index in [1.165, 1.54) is 16.9 Å². The summed E-state index contributed by atoms with van der Waals surface area (Å²) >= 11 is 0. The zero-order valence-electron chi connectivity index (χ0n) is 15.0. The van der Waals surface area contributed by atoms with Gasteiger partial charge in [0.2, 0.25) is 0 Å². The molecule has 0 aliphatic rings. The Hall–Kier alpha value is -1.54. The van der Waals surface area contributed by atoms with E-state index in [9.17, 15) is 0 Å². The highest BCUT2D eigenvalue weighted by Gasteiger charge is 2.12. The maximum absolute atomic E-state index is 5.95. The highest BCUT2D eigenvalue weighted by Crippen LogP contribution is 2.19. The second kappa shape index (κ2) is 7.83. The molecule has 0 bridgehead atoms. The number of aromatic nitrogens is 1. The first-order valence-corrected chi connectivity index (χ1v) is 11.9. The number of para-hydroxylation sites is 1. The first-order chi connectivity index (χ1) is 10.9. The quantitative estimate of drug-likeness (QED) is 0.455. The van der Waals surface area contributed by atoms with Gasteiger partial charge in [0.05, 0.1) is 17.8 Å². The van der Waals surface area contributed by atoms with Gasteiger partial charge in [0.25, 0.3) is 0 Å². The molecule has 1 aromatic heterocycles. The molecule has 3 nitrogen and oxygen atoms in total. The van der Waals surface area contributed by atoms with Gasteiger partial charge in [0.15, 0.2) is 0 Å². The van der Waals surface area contributed by atoms with Crippen molar-refractivity contribution in [1.82, 2.24) is 9.47 Å². The van der Waals surface area contributed by atoms with Crippen molar-refractivity contribution >= 4 is 19.0 Å². The molecule has 0 amide bonds. The minimum atomic E-state index is -1.05. The van der Waals surface area contributed by atoms with E-state index < -0.39 is 8.07 Å². The lowest BCUT2D eigenvalue weighted by Gasteiger charge is -2.16. The molecule has 0 spiro atoms. The van der Waals surface area contributed by atoms with Crippen molar-refractivity contribution in [3.8, 4) is 11.8 Å². The molecule has 0 saturated carbocycles. The lowest BCUT2D eigenvalue weighted by Crippen LogP contribution is -2.22. The Balaban J connectivity index is 2.16. The molecule has 0 N–H and O–H groups in total. The predicted molar refractivity (Wildman–Crippen MR) is 101 cm³/mol. The number of fused-ring (bicyclic) bond motifs is 1. The van der Waals surface area contributed by atoms with Crippen molar-refractivity contribution in [3.05, 3.63) is 36.0 Å². The summed E-state index contributed by atoms with van der Waals surface area (Å²) in [7, 11) is 3.02. The topological polar surface area (TPSA) is 17.4 Å². The summed E-state index contributed by atoms with van der Waals surface area (Å²) < 4.78 is 8.13. The molecule has 0 radical (unpaired) electrons. The van der Waals surface area contributed by atoms with E-state index in [4.69, 9.17) is 4.74 Å². The third-order valence-electron chi connectivity index (χ3n) is 3.64. The van der Waals surface area contributed by atoms with E-state index in [0.717, 1.165) is 18.8 Å². The maximum Gasteiger partial charge on any atom is 0.124 e. The van der Waals surface area contributed by atoms with Crippen molar-refractivity contribution in [1.29, 1.82) is 0 Å². The van der Waals surface area contributed by atoms with Crippen molar-refractivity contribution < 1.29 is 4.74 Å². The number of nitrogens with zero attached hydrogens (tertiary/aromatic N) is 2. The Morgan fingerprint density at radius 1 is 1.17 bits per heavy atom. The highest BCUT2D eigenvalue weighted by atomic mass is 28.3. The molecule has 124 valence electrons. The lowest BCUT2D eigenvalue weighted by atomic mass is 10.2. The molecule has 0 unspecified atom stereocenters. The SMILES string of the molecule is CN(C)CC#Cc1cc2ccccc2n1COCC[Si](C)(C)C. The van der Waals surface area contributed by atoms with Crippen LogP contribution in [0.15, 0.2) is 30.3 Å². The summed E-state index contributed by atoms with van der Waals surface area (Å²) in [4.78, 5) is 2.07. The molecule has 0 saturated heterocycles. The standard InChI is InChI=1S/C19H28N2OSi/c1-20(2)12-8-10-18-15-17-9-6-7-11-19(17)21(18)16-22-13-14-23(3,4)5/h6-7,9,11,15H,12-14,16H2,1-5H3. The van der Waals surface area contributed by atoms with Crippen molar-refractivity contribution in [2.75, 3.05) is 27.2 Å². The fourth-order valence-corrected chi connectivity index (χ4v) is 3.03. The Kier molecular flexibility index (Phi) is 6.06. The van der Waals surface area contributed by atoms with Gasteiger partial charge in [-0.05, 0) is 38.2 Å². The van der Waals surface area contributed by atoms with Crippen LogP contribution in [0.2, 0.25) is 25.7 Å². The van der Waals surface area contributed by atoms with E-state index in [1.54, 1.807) is 0 Å². The molecule has 0 aliphatic heterocycles. The van der Waals surface area contributed by atoms with E-state index in [1.807, 2.05) is 14.1 Å². The highest BCUT2D eigenvalue weighted by molar-refractivity contribution is 6.76. The van der Waals surface area contributed by atoms with Crippen LogP contribution in [-0.4, -0.2) is 44.8 Å². The van der Waals surface area contributed by atoms with Crippen LogP contribution in [0.3, 0.4) is 0 Å². The van der Waals surface area contributed by atoms with E-state index in [0.29, 0.717) is 6.73 Å². The van der Waals surface area contributed by atoms with E-state index in [-0.39, 0.29) is 0 Å². The third-order valence-corrected chi connectivity index (χ3v) is 5.34. The fourth-order valence-electron chi connectivity index (χ4n) is 2.28. The Morgan fingerprint density at radius 2 is 1.91 bits per heavy atom. The van der Waals surface area contributed by atoms with Crippen LogP contribution in [0.5, 0.6) is 0 Å². The molecular formula is C19H28N2OSi. The summed E-state index contributed by atoms with van der Waals surface area (Å²) in [6.45, 7) is 9.29. The van der Waals surface area contributed by atoms with Gasteiger partial charge >= 0.3 is 0 Å². The van der Waals surface area contributed by atoms with Gasteiger partial charge in [-0.15, -0.1) is 0 Å². The summed E-state index contributed by atoms with van der Waals surface area (Å²) in [6.07, 6.45) is 0. The molecule has 1 heterocycles. The first kappa shape index (κ1) is 17.8. The molecule has 2 aromatic rings. The van der Waals surface area contributed by atoms with E-state index >= 15 is 0 Å². The molecule has 1 aromatic carbocycles. The smallest absolute Gasteiger partial charge is 0.124 e. The lowest BCUT2D eigenvalue weighted by molar-refractivity contribution is 0.0897. The predicted octanol–water partition coefficient (Wildman–Crippen LogP) is 3.87. The molecule has 2 rings (SSSR count). The number of hydrogen-bond donors (Lipinski definition) is 0. The largest absolute Gasteiger partial charge is 0.361 e. The van der Waals surface area contributed by atoms with Crippen LogP contribution in [0.4, 0.5) is 0 Å². The average molecular weight is 329 g/mol. The average Bonchev–Trinajstić information content (AvgIpc) is 2.80. The van der Waals surface area contributed by atoms with E-state index in [2.05, 4.69) is 71.3 Å². The van der Waals surface area contributed by atoms with Gasteiger partial charge in [0.1, 0.15) is 6.73 Å². The number of ether oxygens (including phenoxy) is 1. The molecular weight excluding hydrogens is 300 g/mol. The van der Waals surface area contributed by atoms with Gasteiger partial charge in [-0.3, -0.25) is 4.90 Å². The van der Waals surface area contributed by atoms with Crippen LogP contribution in [-0.2, 0) is 11.5 Å². The third kappa shape index (κ3) is 5.54. The monoisotopic (exact) mass is 328 g/mol. The van der Waals surface area contributed by atoms with Crippen LogP contribution < -0.4 is 0 Å². The second-order valence-corrected chi connectivity index (χ2v) is 13.0. The Bertz CT molecular complexity index is 701. The van der Waals surface area contributed by atoms with Crippen LogP contribution in [0.25, 0.3) is 10.9 Å². The molecule has 0 aliphatic carbocycles. The summed E-state index contributed by atoms with van der Waals surface area (Å²) in [5.41, 5.74) is 2.22. The maximum atomic E-state index is 5.95. The Labute approximate surface area is 141 Å². The first-order valence-electron chi connectivity index (χ1n) is 8.16. The summed E-state index contributed by atoms with van der Waals surface area (Å²) in [6, 6.07) is 11.7. The van der Waals surface area contributed by atoms with Gasteiger partial charge in [-0.25, -0.2) is 0 Å². The molecule has 23 heavy (non-hydrogen) atoms. The zero-order chi connectivity index (χ0) is 16.9. The number of rotatable bonds is 6. The van der Waals surface area contributed by atoms with Gasteiger partial charge in [-0.1, -0.05) is 43.8 Å². The summed E-state index contributed by atoms with van der Waals surface area (Å²) in [5.74, 6) is 6.51. The van der Waals surface area contributed by atoms with Crippen molar-refractivity contribution in [3.63, 3.8) is 0 Å². The van der Waals surface area contributed by atoms with Crippen LogP contribution in [0, 0.1) is 11.8 Å². The minimum absolute atomic E-state index is 0.573. The number of hydrogen-bond acceptors (Lipinski definition) is 2. The molecule has 4 heteroatoms. The van der Waals surface area contributed by atoms with Crippen LogP contribution in [0.1, 0.15) is 5.69 Å². The van der Waals surface area contributed by atoms with Gasteiger partial charge in [-0.2, -0.15) is 0 Å². The van der Waals surface area contributed by atoms with Crippen LogP contribution >= 0.6 is 0 Å². The van der Waals surface area contributed by atoms with Crippen molar-refractivity contribution in [2.45, 2.75) is 32.4 Å². The Morgan fingerprint density at radius 3 is 2.61 bits per heavy atom. The number of benzene rings is 1. The normalized spacial score (nSPS) is 11.7. The fraction of sp³-hybridized carbons (Fsp3) is 0.474. The zero-order valence-corrected chi connectivity index (χ0v) is 16.0. The summed E-state index contributed by atoms with van der Waals surface area (Å²) in [5, 5.41) is 1.22. The van der Waals surface area contributed by atoms with Gasteiger partial charge in [0, 0.05) is 20.1 Å². The van der Waals surface area contributed by atoms with Crippen molar-refractivity contribution in [2.24, 2.45) is 0 Å². The second-order valence-electron chi connectivity index (χ2n) is 7.40. The minimum Gasteiger partial charge on any atom is -0.361 e.